The van der Waals surface area contributed by atoms with Crippen LogP contribution in [0.2, 0.25) is 0 Å². The second kappa shape index (κ2) is 6.70. The number of urea groups is 1. The topological polar surface area (TPSA) is 70.4 Å². The lowest BCUT2D eigenvalue weighted by atomic mass is 10.1. The number of nitrogens with two attached hydrogens (primary N) is 1. The highest BCUT2D eigenvalue weighted by atomic mass is 16.2. The van der Waals surface area contributed by atoms with Crippen LogP contribution in [0.3, 0.4) is 0 Å². The summed E-state index contributed by atoms with van der Waals surface area (Å²) < 4.78 is 0. The number of hydrogen-bond donors (Lipinski definition) is 3. The molecule has 0 bridgehead atoms. The average molecular weight is 228 g/mol. The Hall–Kier alpha value is -0.810. The highest BCUT2D eigenvalue weighted by Gasteiger charge is 2.15. The van der Waals surface area contributed by atoms with Crippen LogP contribution < -0.4 is 16.4 Å². The second-order valence-electron chi connectivity index (χ2n) is 4.73. The molecular formula is C11H24N4O. The zero-order chi connectivity index (χ0) is 12.0. The quantitative estimate of drug-likeness (QED) is 0.640. The first kappa shape index (κ1) is 13.3. The van der Waals surface area contributed by atoms with Crippen molar-refractivity contribution in [1.82, 2.24) is 15.5 Å². The lowest BCUT2D eigenvalue weighted by Gasteiger charge is -2.29. The summed E-state index contributed by atoms with van der Waals surface area (Å²) in [6.45, 7) is 7.62. The molecule has 0 saturated carbocycles. The highest BCUT2D eigenvalue weighted by Crippen LogP contribution is 2.06. The van der Waals surface area contributed by atoms with Gasteiger partial charge in [-0.3, -0.25) is 0 Å². The van der Waals surface area contributed by atoms with E-state index in [4.69, 9.17) is 5.73 Å². The van der Waals surface area contributed by atoms with Crippen molar-refractivity contribution in [2.45, 2.75) is 38.8 Å². The third-order valence-electron chi connectivity index (χ3n) is 2.77. The van der Waals surface area contributed by atoms with Gasteiger partial charge in [0.1, 0.15) is 0 Å². The Balaban J connectivity index is 2.04. The van der Waals surface area contributed by atoms with Gasteiger partial charge in [-0.15, -0.1) is 0 Å². The van der Waals surface area contributed by atoms with E-state index in [1.165, 1.54) is 0 Å². The summed E-state index contributed by atoms with van der Waals surface area (Å²) in [4.78, 5) is 13.6. The number of nitrogens with zero attached hydrogens (tertiary/aromatic N) is 1. The summed E-state index contributed by atoms with van der Waals surface area (Å²) in [5.41, 5.74) is 5.82. The van der Waals surface area contributed by atoms with E-state index in [9.17, 15) is 4.79 Å². The van der Waals surface area contributed by atoms with Crippen LogP contribution >= 0.6 is 0 Å². The molecule has 1 aliphatic heterocycles. The first-order valence-electron chi connectivity index (χ1n) is 6.10. The van der Waals surface area contributed by atoms with Crippen LogP contribution in [0.4, 0.5) is 4.79 Å². The monoisotopic (exact) mass is 228 g/mol. The van der Waals surface area contributed by atoms with Crippen molar-refractivity contribution in [2.24, 2.45) is 5.73 Å². The summed E-state index contributed by atoms with van der Waals surface area (Å²) in [6, 6.07) is 0.477. The fourth-order valence-electron chi connectivity index (χ4n) is 1.82. The molecule has 0 radical (unpaired) electrons. The minimum Gasteiger partial charge on any atom is -0.337 e. The second-order valence-corrected chi connectivity index (χ2v) is 4.73. The minimum absolute atomic E-state index is 0.0799. The third kappa shape index (κ3) is 5.32. The van der Waals surface area contributed by atoms with E-state index in [2.05, 4.69) is 15.5 Å². The van der Waals surface area contributed by atoms with E-state index in [0.29, 0.717) is 12.6 Å². The third-order valence-corrected chi connectivity index (χ3v) is 2.77. The van der Waals surface area contributed by atoms with E-state index in [-0.39, 0.29) is 12.1 Å². The predicted octanol–water partition coefficient (Wildman–Crippen LogP) is 0.117. The number of nitrogens with one attached hydrogen (secondary N) is 2. The number of rotatable bonds is 4. The van der Waals surface area contributed by atoms with Gasteiger partial charge in [0.05, 0.1) is 0 Å². The standard InChI is InChI=1S/C11H24N4O/c1-9(2)14-11(16)13-5-8-15-6-3-10(12)4-7-15/h9-10H,3-8,12H2,1-2H3,(H2,13,14,16). The van der Waals surface area contributed by atoms with Gasteiger partial charge in [0.2, 0.25) is 0 Å². The first-order chi connectivity index (χ1) is 7.58. The maximum atomic E-state index is 11.3. The lowest BCUT2D eigenvalue weighted by Crippen LogP contribution is -2.45. The fourth-order valence-corrected chi connectivity index (χ4v) is 1.82. The molecule has 1 fully saturated rings. The minimum atomic E-state index is -0.0799. The normalized spacial score (nSPS) is 18.8. The molecular weight excluding hydrogens is 204 g/mol. The molecule has 0 aromatic carbocycles. The van der Waals surface area contributed by atoms with Crippen molar-refractivity contribution in [1.29, 1.82) is 0 Å². The summed E-state index contributed by atoms with van der Waals surface area (Å²) >= 11 is 0. The largest absolute Gasteiger partial charge is 0.337 e. The zero-order valence-electron chi connectivity index (χ0n) is 10.3. The molecule has 1 aliphatic rings. The van der Waals surface area contributed by atoms with Gasteiger partial charge in [0, 0.05) is 25.2 Å². The summed E-state index contributed by atoms with van der Waals surface area (Å²) in [7, 11) is 0. The highest BCUT2D eigenvalue weighted by molar-refractivity contribution is 5.74. The van der Waals surface area contributed by atoms with Gasteiger partial charge < -0.3 is 21.3 Å². The van der Waals surface area contributed by atoms with Crippen LogP contribution in [0.1, 0.15) is 26.7 Å². The molecule has 94 valence electrons. The van der Waals surface area contributed by atoms with Crippen LogP contribution in [0.5, 0.6) is 0 Å². The molecule has 4 N–H and O–H groups in total. The molecule has 5 heteroatoms. The van der Waals surface area contributed by atoms with Crippen molar-refractivity contribution in [3.05, 3.63) is 0 Å². The summed E-state index contributed by atoms with van der Waals surface area (Å²) in [5, 5.41) is 5.65. The lowest BCUT2D eigenvalue weighted by molar-refractivity contribution is 0.209. The van der Waals surface area contributed by atoms with Gasteiger partial charge in [-0.05, 0) is 39.8 Å². The number of likely N-dealkylation sites (tertiary alicyclic amines) is 1. The van der Waals surface area contributed by atoms with E-state index in [1.807, 2.05) is 13.8 Å². The number of carbonyl (C=O) groups excluding carboxylic acids is 1. The van der Waals surface area contributed by atoms with Crippen molar-refractivity contribution >= 4 is 6.03 Å². The molecule has 2 amide bonds. The maximum absolute atomic E-state index is 11.3. The summed E-state index contributed by atoms with van der Waals surface area (Å²) in [5.74, 6) is 0. The number of piperidine rings is 1. The van der Waals surface area contributed by atoms with Gasteiger partial charge >= 0.3 is 6.03 Å². The average Bonchev–Trinajstić information content (AvgIpc) is 2.20. The predicted molar refractivity (Wildman–Crippen MR) is 65.3 cm³/mol. The van der Waals surface area contributed by atoms with Crippen LogP contribution in [0.25, 0.3) is 0 Å². The van der Waals surface area contributed by atoms with Gasteiger partial charge in [0.15, 0.2) is 0 Å². The fraction of sp³-hybridized carbons (Fsp3) is 0.909. The van der Waals surface area contributed by atoms with Crippen molar-refractivity contribution in [3.8, 4) is 0 Å². The summed E-state index contributed by atoms with van der Waals surface area (Å²) in [6.07, 6.45) is 2.14. The first-order valence-corrected chi connectivity index (χ1v) is 6.10. The van der Waals surface area contributed by atoms with Gasteiger partial charge in [-0.2, -0.15) is 0 Å². The molecule has 1 heterocycles. The van der Waals surface area contributed by atoms with Gasteiger partial charge in [-0.25, -0.2) is 4.79 Å². The van der Waals surface area contributed by atoms with Gasteiger partial charge in [0.25, 0.3) is 0 Å². The van der Waals surface area contributed by atoms with E-state index in [0.717, 1.165) is 32.5 Å². The van der Waals surface area contributed by atoms with E-state index in [1.54, 1.807) is 0 Å². The molecule has 5 nitrogen and oxygen atoms in total. The number of carbonyl (C=O) groups is 1. The van der Waals surface area contributed by atoms with E-state index >= 15 is 0 Å². The van der Waals surface area contributed by atoms with Crippen LogP contribution in [0, 0.1) is 0 Å². The van der Waals surface area contributed by atoms with Crippen molar-refractivity contribution in [2.75, 3.05) is 26.2 Å². The molecule has 1 rings (SSSR count). The Morgan fingerprint density at radius 2 is 2.06 bits per heavy atom. The molecule has 0 aromatic rings. The molecule has 1 saturated heterocycles. The van der Waals surface area contributed by atoms with Crippen LogP contribution in [-0.2, 0) is 0 Å². The molecule has 0 atom stereocenters. The number of amides is 2. The number of hydrogen-bond acceptors (Lipinski definition) is 3. The van der Waals surface area contributed by atoms with Gasteiger partial charge in [-0.1, -0.05) is 0 Å². The molecule has 0 unspecified atom stereocenters. The van der Waals surface area contributed by atoms with Crippen molar-refractivity contribution < 1.29 is 4.79 Å². The SMILES string of the molecule is CC(C)NC(=O)NCCN1CCC(N)CC1. The Bertz CT molecular complexity index is 212. The molecule has 0 spiro atoms. The van der Waals surface area contributed by atoms with Crippen molar-refractivity contribution in [3.63, 3.8) is 0 Å². The molecule has 0 aliphatic carbocycles. The molecule has 0 aromatic heterocycles. The van der Waals surface area contributed by atoms with Crippen LogP contribution in [-0.4, -0.2) is 49.2 Å². The maximum Gasteiger partial charge on any atom is 0.315 e. The Kier molecular flexibility index (Phi) is 5.55. The Labute approximate surface area is 97.7 Å². The Morgan fingerprint density at radius 1 is 1.44 bits per heavy atom. The zero-order valence-corrected chi connectivity index (χ0v) is 10.3. The van der Waals surface area contributed by atoms with Crippen LogP contribution in [0.15, 0.2) is 0 Å². The molecule has 16 heavy (non-hydrogen) atoms. The van der Waals surface area contributed by atoms with E-state index < -0.39 is 0 Å². The Morgan fingerprint density at radius 3 is 2.62 bits per heavy atom. The smallest absolute Gasteiger partial charge is 0.315 e.